The van der Waals surface area contributed by atoms with Gasteiger partial charge in [0.05, 0.1) is 19.8 Å². The van der Waals surface area contributed by atoms with Gasteiger partial charge >= 0.3 is 19.8 Å². The van der Waals surface area contributed by atoms with Gasteiger partial charge < -0.3 is 24.6 Å². The molecule has 0 amide bonds. The molecule has 0 fully saturated rings. The Hall–Kier alpha value is -2.66. The average molecular weight is 839 g/mol. The van der Waals surface area contributed by atoms with Crippen molar-refractivity contribution in [2.24, 2.45) is 0 Å². The van der Waals surface area contributed by atoms with Crippen molar-refractivity contribution in [1.82, 2.24) is 0 Å². The number of phosphoric ester groups is 1. The summed E-state index contributed by atoms with van der Waals surface area (Å²) in [5.41, 5.74) is 0. The van der Waals surface area contributed by atoms with Gasteiger partial charge in [0.1, 0.15) is 12.7 Å². The normalized spacial score (nSPS) is 14.3. The quantitative estimate of drug-likeness (QED) is 0.0134. The highest BCUT2D eigenvalue weighted by molar-refractivity contribution is 7.47. The fourth-order valence-corrected chi connectivity index (χ4v) is 6.44. The van der Waals surface area contributed by atoms with E-state index in [4.69, 9.17) is 19.1 Å². The van der Waals surface area contributed by atoms with Crippen molar-refractivity contribution in [2.45, 2.75) is 187 Å². The summed E-state index contributed by atoms with van der Waals surface area (Å²) in [6.45, 7) is 2.06. The van der Waals surface area contributed by atoms with Crippen LogP contribution in [0.5, 0.6) is 0 Å². The number of allylic oxidation sites excluding steroid dienone is 10. The van der Waals surface area contributed by atoms with E-state index >= 15 is 0 Å². The van der Waals surface area contributed by atoms with Crippen LogP contribution in [-0.4, -0.2) is 71.5 Å². The van der Waals surface area contributed by atoms with Crippen LogP contribution in [0.3, 0.4) is 0 Å². The van der Waals surface area contributed by atoms with Gasteiger partial charge in [-0.15, -0.1) is 0 Å². The average Bonchev–Trinajstić information content (AvgIpc) is 3.20. The third-order valence-electron chi connectivity index (χ3n) is 9.12. The first-order chi connectivity index (χ1) is 28.1. The van der Waals surface area contributed by atoms with Crippen LogP contribution in [0.4, 0.5) is 0 Å². The predicted molar refractivity (Wildman–Crippen MR) is 233 cm³/mol. The minimum atomic E-state index is -4.68. The van der Waals surface area contributed by atoms with E-state index in [0.717, 1.165) is 51.4 Å². The highest BCUT2D eigenvalue weighted by Crippen LogP contribution is 2.43. The molecule has 1 unspecified atom stereocenters. The molecule has 0 aliphatic rings. The number of hydrogen-bond donors (Lipinski definition) is 3. The van der Waals surface area contributed by atoms with Gasteiger partial charge in [0.15, 0.2) is 11.9 Å². The zero-order chi connectivity index (χ0) is 42.8. The van der Waals surface area contributed by atoms with Gasteiger partial charge in [-0.25, -0.2) is 4.57 Å². The second kappa shape index (κ2) is 41.1. The van der Waals surface area contributed by atoms with Crippen molar-refractivity contribution in [3.05, 3.63) is 60.8 Å². The maximum Gasteiger partial charge on any atom is 0.472 e. The van der Waals surface area contributed by atoms with Crippen molar-refractivity contribution >= 4 is 25.5 Å². The maximum atomic E-state index is 12.6. The van der Waals surface area contributed by atoms with E-state index < -0.39 is 58.4 Å². The predicted octanol–water partition coefficient (Wildman–Crippen LogP) is 11.1. The van der Waals surface area contributed by atoms with E-state index in [1.54, 1.807) is 6.08 Å². The Morgan fingerprint density at radius 2 is 1.07 bits per heavy atom. The Balaban J connectivity index is 4.48. The summed E-state index contributed by atoms with van der Waals surface area (Å²) in [5, 5.41) is 18.3. The molecular formula is C46H79O11P. The maximum absolute atomic E-state index is 12.6. The molecule has 0 aromatic carbocycles. The Labute approximate surface area is 351 Å². The molecule has 334 valence electrons. The molecule has 0 aromatic heterocycles. The topological polar surface area (TPSA) is 166 Å². The Kier molecular flexibility index (Phi) is 39.2. The van der Waals surface area contributed by atoms with Crippen molar-refractivity contribution in [3.8, 4) is 0 Å². The smallest absolute Gasteiger partial charge is 0.462 e. The van der Waals surface area contributed by atoms with Crippen molar-refractivity contribution < 1.29 is 52.6 Å². The first-order valence-electron chi connectivity index (χ1n) is 22.2. The first-order valence-corrected chi connectivity index (χ1v) is 23.7. The summed E-state index contributed by atoms with van der Waals surface area (Å²) in [4.78, 5) is 47.2. The van der Waals surface area contributed by atoms with Crippen LogP contribution in [0, 0.1) is 0 Å². The summed E-state index contributed by atoms with van der Waals surface area (Å²) in [7, 11) is -4.68. The largest absolute Gasteiger partial charge is 0.472 e. The van der Waals surface area contributed by atoms with Gasteiger partial charge in [0.2, 0.25) is 0 Å². The van der Waals surface area contributed by atoms with Crippen molar-refractivity contribution in [2.75, 3.05) is 26.4 Å². The molecule has 0 bridgehead atoms. The van der Waals surface area contributed by atoms with E-state index in [0.29, 0.717) is 6.42 Å². The van der Waals surface area contributed by atoms with Gasteiger partial charge in [-0.1, -0.05) is 146 Å². The Morgan fingerprint density at radius 1 is 0.569 bits per heavy atom. The summed E-state index contributed by atoms with van der Waals surface area (Å²) < 4.78 is 32.5. The van der Waals surface area contributed by atoms with Crippen molar-refractivity contribution in [3.63, 3.8) is 0 Å². The van der Waals surface area contributed by atoms with Crippen LogP contribution < -0.4 is 0 Å². The van der Waals surface area contributed by atoms with Crippen LogP contribution in [0.15, 0.2) is 60.8 Å². The third kappa shape index (κ3) is 40.1. The van der Waals surface area contributed by atoms with Crippen LogP contribution in [-0.2, 0) is 37.5 Å². The van der Waals surface area contributed by atoms with Crippen LogP contribution >= 0.6 is 7.82 Å². The minimum absolute atomic E-state index is 0.0502. The molecule has 0 rings (SSSR count). The first kappa shape index (κ1) is 55.3. The molecule has 0 heterocycles. The summed E-state index contributed by atoms with van der Waals surface area (Å²) in [6.07, 6.45) is 41.9. The van der Waals surface area contributed by atoms with Crippen LogP contribution in [0.1, 0.15) is 174 Å². The minimum Gasteiger partial charge on any atom is -0.462 e. The Morgan fingerprint density at radius 3 is 1.71 bits per heavy atom. The highest BCUT2D eigenvalue weighted by atomic mass is 31.2. The number of carbonyl (C=O) groups is 3. The number of hydrogen-bond acceptors (Lipinski definition) is 10. The van der Waals surface area contributed by atoms with E-state index in [1.165, 1.54) is 83.1 Å². The molecule has 0 saturated heterocycles. The lowest BCUT2D eigenvalue weighted by molar-refractivity contribution is -0.161. The standard InChI is InChI=1S/C46H79O11P/c1-3-5-7-9-11-13-15-17-18-19-20-22-24-26-28-30-32-36-46(51)57-44(41-56-58(52,53)55-39-43(49)38-47)40-54-45(50)37-33-35-42(48)34-31-29-27-25-23-21-16-14-12-10-8-6-4-2/h12,14,17-18,21,23,27,29,31,34,43-44,47,49H,3-11,13,15-16,19-20,22,24-26,28,30,32-33,35-41H2,1-2H3,(H,52,53)/b14-12-,18-17-,23-21-,29-27-,34-31+/t43-,44+/m0/s1. The highest BCUT2D eigenvalue weighted by Gasteiger charge is 2.27. The number of ketones is 1. The SMILES string of the molecule is CCCCC/C=C\C/C=C\C/C=C\C=C\C(=O)CCCC(=O)OC[C@H](COP(=O)(O)OC[C@@H](O)CO)OC(=O)CCCCCCCCC/C=C\CCCCCCCC. The molecule has 0 radical (unpaired) electrons. The molecule has 0 spiro atoms. The summed E-state index contributed by atoms with van der Waals surface area (Å²) in [5.74, 6) is -1.32. The second-order valence-corrected chi connectivity index (χ2v) is 16.2. The number of carbonyl (C=O) groups excluding carboxylic acids is 3. The summed E-state index contributed by atoms with van der Waals surface area (Å²) in [6, 6.07) is 0. The molecule has 12 heteroatoms. The van der Waals surface area contributed by atoms with Gasteiger partial charge in [0, 0.05) is 19.3 Å². The number of rotatable bonds is 41. The molecule has 3 atom stereocenters. The number of phosphoric acid groups is 1. The van der Waals surface area contributed by atoms with Crippen LogP contribution in [0.25, 0.3) is 0 Å². The monoisotopic (exact) mass is 839 g/mol. The van der Waals surface area contributed by atoms with E-state index in [9.17, 15) is 28.9 Å². The number of ether oxygens (including phenoxy) is 2. The number of aliphatic hydroxyl groups excluding tert-OH is 2. The lowest BCUT2D eigenvalue weighted by atomic mass is 10.1. The zero-order valence-corrected chi connectivity index (χ0v) is 36.9. The number of aliphatic hydroxyl groups is 2. The molecular weight excluding hydrogens is 759 g/mol. The molecule has 0 aromatic rings. The number of unbranched alkanes of at least 4 members (excludes halogenated alkanes) is 16. The Bertz CT molecular complexity index is 1210. The van der Waals surface area contributed by atoms with Crippen molar-refractivity contribution in [1.29, 1.82) is 0 Å². The molecule has 0 saturated carbocycles. The molecule has 0 aliphatic heterocycles. The van der Waals surface area contributed by atoms with E-state index in [2.05, 4.69) is 54.8 Å². The third-order valence-corrected chi connectivity index (χ3v) is 10.1. The van der Waals surface area contributed by atoms with E-state index in [-0.39, 0.29) is 31.5 Å². The van der Waals surface area contributed by atoms with E-state index in [1.807, 2.05) is 12.2 Å². The fraction of sp³-hybridized carbons (Fsp3) is 0.717. The van der Waals surface area contributed by atoms with Crippen LogP contribution in [0.2, 0.25) is 0 Å². The lowest BCUT2D eigenvalue weighted by Gasteiger charge is -2.20. The van der Waals surface area contributed by atoms with Gasteiger partial charge in [-0.3, -0.25) is 23.4 Å². The molecule has 0 aliphatic carbocycles. The summed E-state index contributed by atoms with van der Waals surface area (Å²) >= 11 is 0. The van der Waals surface area contributed by atoms with Gasteiger partial charge in [-0.2, -0.15) is 0 Å². The second-order valence-electron chi connectivity index (χ2n) is 14.7. The van der Waals surface area contributed by atoms with Gasteiger partial charge in [-0.05, 0) is 70.3 Å². The lowest BCUT2D eigenvalue weighted by Crippen LogP contribution is -2.29. The molecule has 11 nitrogen and oxygen atoms in total. The zero-order valence-electron chi connectivity index (χ0n) is 36.0. The van der Waals surface area contributed by atoms with Gasteiger partial charge in [0.25, 0.3) is 0 Å². The fourth-order valence-electron chi connectivity index (χ4n) is 5.65. The number of esters is 2. The molecule has 58 heavy (non-hydrogen) atoms. The molecule has 3 N–H and O–H groups in total.